The first-order valence-corrected chi connectivity index (χ1v) is 18.8. The van der Waals surface area contributed by atoms with Crippen LogP contribution in [0.3, 0.4) is 0 Å². The summed E-state index contributed by atoms with van der Waals surface area (Å²) in [5, 5.41) is 0. The van der Waals surface area contributed by atoms with E-state index < -0.39 is 31.4 Å². The van der Waals surface area contributed by atoms with Gasteiger partial charge in [-0.05, 0) is 65.0 Å². The fourth-order valence-electron chi connectivity index (χ4n) is 3.73. The average molecular weight is 465 g/mol. The van der Waals surface area contributed by atoms with Crippen molar-refractivity contribution in [3.05, 3.63) is 0 Å². The predicted octanol–water partition coefficient (Wildman–Crippen LogP) is 4.33. The Kier molecular flexibility index (Phi) is 10.4. The van der Waals surface area contributed by atoms with Crippen molar-refractivity contribution in [2.75, 3.05) is 19.8 Å². The van der Waals surface area contributed by atoms with Gasteiger partial charge < -0.3 is 22.1 Å². The van der Waals surface area contributed by atoms with E-state index in [0.29, 0.717) is 26.2 Å². The lowest BCUT2D eigenvalue weighted by Crippen LogP contribution is -2.51. The van der Waals surface area contributed by atoms with E-state index in [1.807, 2.05) is 20.8 Å². The van der Waals surface area contributed by atoms with Crippen molar-refractivity contribution in [3.63, 3.8) is 0 Å². The molecule has 0 bridgehead atoms. The van der Waals surface area contributed by atoms with Gasteiger partial charge in [0.1, 0.15) is 0 Å². The van der Waals surface area contributed by atoms with Crippen LogP contribution in [0.25, 0.3) is 0 Å². The predicted molar refractivity (Wildman–Crippen MR) is 120 cm³/mol. The summed E-state index contributed by atoms with van der Waals surface area (Å²) in [7, 11) is -6.77. The zero-order valence-electron chi connectivity index (χ0n) is 19.5. The fraction of sp³-hybridized carbons (Fsp3) is 0.895. The summed E-state index contributed by atoms with van der Waals surface area (Å²) in [5.41, 5.74) is 0.241. The zero-order valence-corrected chi connectivity index (χ0v) is 22.5. The lowest BCUT2D eigenvalue weighted by Gasteiger charge is -2.39. The molecule has 0 spiro atoms. The van der Waals surface area contributed by atoms with Gasteiger partial charge >= 0.3 is 20.7 Å². The molecule has 1 aliphatic rings. The van der Waals surface area contributed by atoms with Crippen LogP contribution in [-0.2, 0) is 31.7 Å². The van der Waals surface area contributed by atoms with Crippen molar-refractivity contribution in [1.29, 1.82) is 0 Å². The molecule has 0 saturated carbocycles. The SMILES string of the molecule is CCO[Si](CC[Si](C)(C)O[Si](C)(C)C(C)CC1CC(=O)OC1=O)(OCC)OCC. The van der Waals surface area contributed by atoms with Crippen molar-refractivity contribution in [2.45, 2.75) is 84.4 Å². The van der Waals surface area contributed by atoms with Crippen LogP contribution < -0.4 is 0 Å². The second-order valence-corrected chi connectivity index (χ2v) is 20.5. The molecule has 0 amide bonds. The summed E-state index contributed by atoms with van der Waals surface area (Å²) in [5.74, 6) is -1.12. The lowest BCUT2D eigenvalue weighted by atomic mass is 10.0. The van der Waals surface area contributed by atoms with Gasteiger partial charge in [0.15, 0.2) is 16.6 Å². The maximum absolute atomic E-state index is 11.8. The van der Waals surface area contributed by atoms with E-state index in [-0.39, 0.29) is 23.8 Å². The Morgan fingerprint density at radius 3 is 1.90 bits per heavy atom. The minimum absolute atomic E-state index is 0.194. The van der Waals surface area contributed by atoms with Gasteiger partial charge in [-0.25, -0.2) is 0 Å². The molecule has 0 aliphatic carbocycles. The molecule has 0 radical (unpaired) electrons. The van der Waals surface area contributed by atoms with Crippen molar-refractivity contribution in [1.82, 2.24) is 0 Å². The van der Waals surface area contributed by atoms with Crippen LogP contribution in [0.5, 0.6) is 0 Å². The first kappa shape index (κ1) is 26.7. The van der Waals surface area contributed by atoms with Crippen LogP contribution in [0, 0.1) is 5.92 Å². The summed E-state index contributed by atoms with van der Waals surface area (Å²) in [6, 6.07) is 1.65. The Morgan fingerprint density at radius 2 is 1.48 bits per heavy atom. The van der Waals surface area contributed by atoms with E-state index >= 15 is 0 Å². The van der Waals surface area contributed by atoms with Crippen LogP contribution in [0.4, 0.5) is 0 Å². The normalized spacial score (nSPS) is 19.5. The summed E-state index contributed by atoms with van der Waals surface area (Å²) < 4.78 is 29.4. The monoisotopic (exact) mass is 464 g/mol. The standard InChI is InChI=1S/C19H40O7Si3/c1-9-22-29(23-10-2,24-11-3)13-12-27(5,6)26-28(7,8)16(4)14-17-15-18(20)25-19(17)21/h16-17H,9-15H2,1-8H3. The smallest absolute Gasteiger partial charge is 0.455 e. The summed E-state index contributed by atoms with van der Waals surface area (Å²) in [4.78, 5) is 23.2. The minimum atomic E-state index is -2.68. The number of carbonyl (C=O) groups is 2. The molecule has 2 unspecified atom stereocenters. The van der Waals surface area contributed by atoms with Gasteiger partial charge in [-0.1, -0.05) is 6.92 Å². The van der Waals surface area contributed by atoms with Crippen LogP contribution in [0.2, 0.25) is 43.8 Å². The molecule has 1 fully saturated rings. The molecule has 7 nitrogen and oxygen atoms in total. The van der Waals surface area contributed by atoms with E-state index in [0.717, 1.165) is 12.1 Å². The first-order valence-electron chi connectivity index (χ1n) is 10.8. The number of hydrogen-bond donors (Lipinski definition) is 0. The Morgan fingerprint density at radius 1 is 0.966 bits per heavy atom. The van der Waals surface area contributed by atoms with Crippen molar-refractivity contribution in [3.8, 4) is 0 Å². The molecule has 10 heteroatoms. The largest absolute Gasteiger partial charge is 0.500 e. The van der Waals surface area contributed by atoms with Crippen molar-refractivity contribution in [2.24, 2.45) is 5.92 Å². The van der Waals surface area contributed by atoms with Gasteiger partial charge in [-0.3, -0.25) is 9.59 Å². The van der Waals surface area contributed by atoms with Crippen molar-refractivity contribution >= 4 is 37.4 Å². The van der Waals surface area contributed by atoms with Crippen LogP contribution in [0.15, 0.2) is 0 Å². The molecule has 0 aromatic heterocycles. The highest BCUT2D eigenvalue weighted by molar-refractivity contribution is 6.86. The number of hydrogen-bond acceptors (Lipinski definition) is 7. The van der Waals surface area contributed by atoms with E-state index in [1.165, 1.54) is 0 Å². The number of rotatable bonds is 14. The molecular weight excluding hydrogens is 424 g/mol. The lowest BCUT2D eigenvalue weighted by molar-refractivity contribution is -0.153. The molecule has 0 N–H and O–H groups in total. The highest BCUT2D eigenvalue weighted by Gasteiger charge is 2.45. The Balaban J connectivity index is 2.74. The number of carbonyl (C=O) groups excluding carboxylic acids is 2. The van der Waals surface area contributed by atoms with Gasteiger partial charge in [-0.2, -0.15) is 0 Å². The third kappa shape index (κ3) is 8.35. The van der Waals surface area contributed by atoms with Crippen LogP contribution in [0.1, 0.15) is 40.5 Å². The van der Waals surface area contributed by atoms with Gasteiger partial charge in [-0.15, -0.1) is 0 Å². The van der Waals surface area contributed by atoms with E-state index in [9.17, 15) is 9.59 Å². The molecule has 0 aromatic rings. The Bertz CT molecular complexity index is 537. The molecule has 29 heavy (non-hydrogen) atoms. The third-order valence-electron chi connectivity index (χ3n) is 5.45. The Labute approximate surface area is 179 Å². The summed E-state index contributed by atoms with van der Waals surface area (Å²) >= 11 is 0. The molecular formula is C19H40O7Si3. The number of cyclic esters (lactones) is 2. The second-order valence-electron chi connectivity index (χ2n) is 8.78. The molecule has 2 atom stereocenters. The molecule has 1 rings (SSSR count). The molecule has 0 aromatic carbocycles. The first-order chi connectivity index (χ1) is 13.4. The van der Waals surface area contributed by atoms with Crippen molar-refractivity contribution < 1.29 is 31.7 Å². The van der Waals surface area contributed by atoms with Gasteiger partial charge in [0.05, 0.1) is 12.3 Å². The highest BCUT2D eigenvalue weighted by Crippen LogP contribution is 2.36. The topological polar surface area (TPSA) is 80.3 Å². The zero-order chi connectivity index (χ0) is 22.3. The minimum Gasteiger partial charge on any atom is -0.455 e. The molecule has 1 aliphatic heterocycles. The average Bonchev–Trinajstić information content (AvgIpc) is 2.90. The molecule has 1 saturated heterocycles. The Hall–Kier alpha value is -0.369. The van der Waals surface area contributed by atoms with Gasteiger partial charge in [0.2, 0.25) is 0 Å². The van der Waals surface area contributed by atoms with Crippen LogP contribution in [-0.4, -0.2) is 57.2 Å². The summed E-state index contributed by atoms with van der Waals surface area (Å²) in [6.07, 6.45) is 0.837. The van der Waals surface area contributed by atoms with E-state index in [1.54, 1.807) is 0 Å². The van der Waals surface area contributed by atoms with E-state index in [2.05, 4.69) is 33.1 Å². The molecule has 1 heterocycles. The quantitative estimate of drug-likeness (QED) is 0.215. The highest BCUT2D eigenvalue weighted by atomic mass is 28.4. The van der Waals surface area contributed by atoms with Gasteiger partial charge in [0, 0.05) is 25.9 Å². The summed E-state index contributed by atoms with van der Waals surface area (Å²) in [6.45, 7) is 18.6. The maximum atomic E-state index is 11.8. The third-order valence-corrected chi connectivity index (χ3v) is 17.4. The maximum Gasteiger partial charge on any atom is 0.500 e. The number of esters is 2. The number of ether oxygens (including phenoxy) is 1. The molecule has 170 valence electrons. The van der Waals surface area contributed by atoms with Crippen LogP contribution >= 0.6 is 0 Å². The van der Waals surface area contributed by atoms with E-state index in [4.69, 9.17) is 22.1 Å². The van der Waals surface area contributed by atoms with Gasteiger partial charge in [0.25, 0.3) is 0 Å². The second kappa shape index (κ2) is 11.3. The fourth-order valence-corrected chi connectivity index (χ4v) is 17.1.